The van der Waals surface area contributed by atoms with Crippen LogP contribution in [0.1, 0.15) is 41.9 Å². The van der Waals surface area contributed by atoms with Crippen LogP contribution in [-0.2, 0) is 23.4 Å². The van der Waals surface area contributed by atoms with E-state index in [0.29, 0.717) is 17.3 Å². The lowest BCUT2D eigenvalue weighted by Gasteiger charge is -2.23. The molecule has 2 aliphatic rings. The molecule has 0 radical (unpaired) electrons. The highest BCUT2D eigenvalue weighted by molar-refractivity contribution is 7.99. The summed E-state index contributed by atoms with van der Waals surface area (Å²) in [6.45, 7) is 1.89. The zero-order valence-electron chi connectivity index (χ0n) is 15.1. The van der Waals surface area contributed by atoms with E-state index >= 15 is 0 Å². The minimum absolute atomic E-state index is 0. The average Bonchev–Trinajstić information content (AvgIpc) is 3.01. The predicted molar refractivity (Wildman–Crippen MR) is 114 cm³/mol. The Labute approximate surface area is 172 Å². The molecule has 1 amide bonds. The van der Waals surface area contributed by atoms with Crippen LogP contribution < -0.4 is 16.2 Å². The number of thiophene rings is 1. The van der Waals surface area contributed by atoms with Crippen molar-refractivity contribution in [1.82, 2.24) is 20.6 Å². The van der Waals surface area contributed by atoms with Gasteiger partial charge < -0.3 is 15.6 Å². The highest BCUT2D eigenvalue weighted by Gasteiger charge is 2.20. The van der Waals surface area contributed by atoms with E-state index < -0.39 is 0 Å². The fraction of sp³-hybridized carbons (Fsp3) is 0.611. The molecular weight excluding hydrogens is 404 g/mol. The van der Waals surface area contributed by atoms with Crippen molar-refractivity contribution in [3.05, 3.63) is 26.6 Å². The Morgan fingerprint density at radius 2 is 2.15 bits per heavy atom. The Balaban J connectivity index is 0.00000210. The number of hydrogen-bond donors (Lipinski definition) is 3. The van der Waals surface area contributed by atoms with Crippen LogP contribution in [0, 0.1) is 0 Å². The lowest BCUT2D eigenvalue weighted by atomic mass is 9.97. The summed E-state index contributed by atoms with van der Waals surface area (Å²) in [6, 6.07) is 0.239. The summed E-state index contributed by atoms with van der Waals surface area (Å²) in [6.07, 6.45) is 6.56. The number of aryl methyl sites for hydroxylation is 2. The first-order valence-corrected chi connectivity index (χ1v) is 11.3. The third-order valence-electron chi connectivity index (χ3n) is 5.01. The fourth-order valence-corrected chi connectivity index (χ4v) is 5.74. The summed E-state index contributed by atoms with van der Waals surface area (Å²) in [7, 11) is 0. The fourth-order valence-electron chi connectivity index (χ4n) is 3.76. The zero-order chi connectivity index (χ0) is 17.9. The normalized spacial score (nSPS) is 19.3. The standard InChI is InChI=1S/C18H24N4O2S2.ClH/c23-15(20-11-4-3-7-19-8-11)10-25-9-14-21-17(24)16-12-5-1-2-6-13(12)26-18(16)22-14;/h11,19H,1-10H2,(H,20,23)(H,21,22,24);1H/t11-;/m0./s1. The van der Waals surface area contributed by atoms with Gasteiger partial charge in [0.05, 0.1) is 16.9 Å². The van der Waals surface area contributed by atoms with Crippen molar-refractivity contribution < 1.29 is 4.79 Å². The van der Waals surface area contributed by atoms with E-state index in [9.17, 15) is 9.59 Å². The number of rotatable bonds is 5. The SMILES string of the molecule is Cl.O=C(CSCc1nc2sc3c(c2c(=O)[nH]1)CCCC3)N[C@H]1CCCNC1. The van der Waals surface area contributed by atoms with Gasteiger partial charge in [-0.3, -0.25) is 9.59 Å². The lowest BCUT2D eigenvalue weighted by molar-refractivity contribution is -0.119. The van der Waals surface area contributed by atoms with Crippen molar-refractivity contribution in [2.24, 2.45) is 0 Å². The molecule has 2 aromatic rings. The summed E-state index contributed by atoms with van der Waals surface area (Å²) in [5.74, 6) is 1.65. The van der Waals surface area contributed by atoms with Crippen molar-refractivity contribution in [2.75, 3.05) is 18.8 Å². The highest BCUT2D eigenvalue weighted by Crippen LogP contribution is 2.33. The molecule has 3 heterocycles. The van der Waals surface area contributed by atoms with Crippen LogP contribution in [0.4, 0.5) is 0 Å². The van der Waals surface area contributed by atoms with Gasteiger partial charge in [-0.25, -0.2) is 4.98 Å². The van der Waals surface area contributed by atoms with Crippen molar-refractivity contribution >= 4 is 51.6 Å². The number of amides is 1. The van der Waals surface area contributed by atoms with Gasteiger partial charge in [0.15, 0.2) is 0 Å². The molecule has 0 unspecified atom stereocenters. The Morgan fingerprint density at radius 3 is 2.96 bits per heavy atom. The van der Waals surface area contributed by atoms with Crippen LogP contribution in [0.3, 0.4) is 0 Å². The van der Waals surface area contributed by atoms with Crippen molar-refractivity contribution in [3.63, 3.8) is 0 Å². The number of H-pyrrole nitrogens is 1. The van der Waals surface area contributed by atoms with E-state index in [-0.39, 0.29) is 29.9 Å². The number of aromatic nitrogens is 2. The molecule has 0 saturated carbocycles. The highest BCUT2D eigenvalue weighted by atomic mass is 35.5. The van der Waals surface area contributed by atoms with Crippen LogP contribution in [0.2, 0.25) is 0 Å². The van der Waals surface area contributed by atoms with Crippen LogP contribution in [0.15, 0.2) is 4.79 Å². The van der Waals surface area contributed by atoms with Gasteiger partial charge in [-0.1, -0.05) is 0 Å². The first-order valence-electron chi connectivity index (χ1n) is 9.32. The number of thioether (sulfide) groups is 1. The molecule has 1 saturated heterocycles. The molecule has 3 N–H and O–H groups in total. The number of nitrogens with zero attached hydrogens (tertiary/aromatic N) is 1. The molecule has 9 heteroatoms. The minimum atomic E-state index is -0.0252. The van der Waals surface area contributed by atoms with Gasteiger partial charge in [0.25, 0.3) is 5.56 Å². The maximum absolute atomic E-state index is 12.5. The molecule has 1 fully saturated rings. The molecule has 6 nitrogen and oxygen atoms in total. The largest absolute Gasteiger partial charge is 0.351 e. The average molecular weight is 429 g/mol. The number of halogens is 1. The molecule has 1 aliphatic carbocycles. The second-order valence-corrected chi connectivity index (χ2v) is 9.08. The van der Waals surface area contributed by atoms with Crippen LogP contribution in [0.25, 0.3) is 10.2 Å². The zero-order valence-corrected chi connectivity index (χ0v) is 17.6. The smallest absolute Gasteiger partial charge is 0.259 e. The number of aromatic amines is 1. The summed E-state index contributed by atoms with van der Waals surface area (Å²) in [4.78, 5) is 34.3. The Kier molecular flexibility index (Phi) is 7.19. The molecule has 2 aromatic heterocycles. The van der Waals surface area contributed by atoms with Gasteiger partial charge in [0.2, 0.25) is 5.91 Å². The number of piperidine rings is 1. The summed E-state index contributed by atoms with van der Waals surface area (Å²) >= 11 is 3.16. The van der Waals surface area contributed by atoms with Gasteiger partial charge in [-0.2, -0.15) is 0 Å². The van der Waals surface area contributed by atoms with Gasteiger partial charge in [0.1, 0.15) is 10.7 Å². The maximum Gasteiger partial charge on any atom is 0.259 e. The first-order chi connectivity index (χ1) is 12.7. The van der Waals surface area contributed by atoms with E-state index in [1.165, 1.54) is 28.6 Å². The molecule has 27 heavy (non-hydrogen) atoms. The van der Waals surface area contributed by atoms with Gasteiger partial charge in [-0.05, 0) is 50.6 Å². The maximum atomic E-state index is 12.5. The van der Waals surface area contributed by atoms with E-state index in [1.807, 2.05) is 0 Å². The van der Waals surface area contributed by atoms with E-state index in [4.69, 9.17) is 0 Å². The molecule has 0 spiro atoms. The summed E-state index contributed by atoms with van der Waals surface area (Å²) in [5.41, 5.74) is 1.19. The second kappa shape index (κ2) is 9.41. The number of carbonyl (C=O) groups excluding carboxylic acids is 1. The van der Waals surface area contributed by atoms with Crippen molar-refractivity contribution in [3.8, 4) is 0 Å². The van der Waals surface area contributed by atoms with Crippen LogP contribution >= 0.6 is 35.5 Å². The number of fused-ring (bicyclic) bond motifs is 3. The lowest BCUT2D eigenvalue weighted by Crippen LogP contribution is -2.46. The van der Waals surface area contributed by atoms with E-state index in [1.54, 1.807) is 11.3 Å². The number of hydrogen-bond acceptors (Lipinski definition) is 6. The molecule has 4 rings (SSSR count). The van der Waals surface area contributed by atoms with Crippen LogP contribution in [0.5, 0.6) is 0 Å². The molecular formula is C18H25ClN4O2S2. The predicted octanol–water partition coefficient (Wildman–Crippen LogP) is 2.39. The van der Waals surface area contributed by atoms with Gasteiger partial charge >= 0.3 is 0 Å². The molecule has 1 aliphatic heterocycles. The van der Waals surface area contributed by atoms with Crippen molar-refractivity contribution in [2.45, 2.75) is 50.3 Å². The number of nitrogens with one attached hydrogen (secondary N) is 3. The summed E-state index contributed by atoms with van der Waals surface area (Å²) in [5, 5.41) is 7.15. The van der Waals surface area contributed by atoms with Gasteiger partial charge in [-0.15, -0.1) is 35.5 Å². The molecule has 1 atom stereocenters. The van der Waals surface area contributed by atoms with E-state index in [0.717, 1.165) is 55.4 Å². The minimum Gasteiger partial charge on any atom is -0.351 e. The number of carbonyl (C=O) groups is 1. The molecule has 148 valence electrons. The third-order valence-corrected chi connectivity index (χ3v) is 7.14. The van der Waals surface area contributed by atoms with Gasteiger partial charge in [0, 0.05) is 17.5 Å². The van der Waals surface area contributed by atoms with Crippen LogP contribution in [-0.4, -0.2) is 40.8 Å². The summed E-state index contributed by atoms with van der Waals surface area (Å²) < 4.78 is 0. The first kappa shape index (κ1) is 20.6. The Hall–Kier alpha value is -1.09. The quantitative estimate of drug-likeness (QED) is 0.680. The third kappa shape index (κ3) is 4.85. The van der Waals surface area contributed by atoms with E-state index in [2.05, 4.69) is 20.6 Å². The monoisotopic (exact) mass is 428 g/mol. The Bertz CT molecular complexity index is 861. The van der Waals surface area contributed by atoms with Crippen molar-refractivity contribution in [1.29, 1.82) is 0 Å². The Morgan fingerprint density at radius 1 is 1.30 bits per heavy atom. The topological polar surface area (TPSA) is 86.9 Å². The molecule has 0 aromatic carbocycles. The second-order valence-electron chi connectivity index (χ2n) is 7.01. The molecule has 0 bridgehead atoms.